The molecule has 1 heterocycles. The largest absolute Gasteiger partial charge is 0.481 e. The number of aromatic nitrogens is 1. The number of nitrogens with zero attached hydrogens (tertiary/aromatic N) is 2. The van der Waals surface area contributed by atoms with E-state index < -0.39 is 5.97 Å². The minimum absolute atomic E-state index is 0.0980. The van der Waals surface area contributed by atoms with Gasteiger partial charge in [0, 0.05) is 33.2 Å². The first kappa shape index (κ1) is 30.1. The van der Waals surface area contributed by atoms with Gasteiger partial charge in [-0.15, -0.1) is 11.3 Å². The molecule has 6 nitrogen and oxygen atoms in total. The Hall–Kier alpha value is -3.49. The van der Waals surface area contributed by atoms with Gasteiger partial charge in [-0.25, -0.2) is 4.98 Å². The van der Waals surface area contributed by atoms with Gasteiger partial charge in [-0.2, -0.15) is 0 Å². The molecule has 1 aromatic heterocycles. The number of rotatable bonds is 10. The van der Waals surface area contributed by atoms with Crippen LogP contribution in [0.15, 0.2) is 82.6 Å². The van der Waals surface area contributed by atoms with E-state index in [1.807, 2.05) is 50.2 Å². The Balaban J connectivity index is 0.00000205. The summed E-state index contributed by atoms with van der Waals surface area (Å²) in [6.45, 7) is 9.03. The second-order valence-electron chi connectivity index (χ2n) is 8.95. The van der Waals surface area contributed by atoms with Crippen LogP contribution >= 0.6 is 27.3 Å². The third-order valence-electron chi connectivity index (χ3n) is 5.92. The van der Waals surface area contributed by atoms with Gasteiger partial charge >= 0.3 is 5.97 Å². The van der Waals surface area contributed by atoms with E-state index in [0.717, 1.165) is 32.1 Å². The van der Waals surface area contributed by atoms with Crippen LogP contribution in [0.3, 0.4) is 0 Å². The number of benzene rings is 3. The Morgan fingerprint density at radius 1 is 0.974 bits per heavy atom. The topological polar surface area (TPSA) is 82.5 Å². The monoisotopic (exact) mass is 607 g/mol. The minimum Gasteiger partial charge on any atom is -0.481 e. The summed E-state index contributed by atoms with van der Waals surface area (Å²) in [5.41, 5.74) is 5.81. The average Bonchev–Trinajstić information content (AvgIpc) is 3.43. The third kappa shape index (κ3) is 8.50. The van der Waals surface area contributed by atoms with Crippen LogP contribution in [0.5, 0.6) is 0 Å². The number of hydrogen-bond donors (Lipinski definition) is 2. The lowest BCUT2D eigenvalue weighted by atomic mass is 10.0. The predicted molar refractivity (Wildman–Crippen MR) is 164 cm³/mol. The van der Waals surface area contributed by atoms with Crippen molar-refractivity contribution in [3.8, 4) is 11.3 Å². The van der Waals surface area contributed by atoms with E-state index in [0.29, 0.717) is 18.0 Å². The summed E-state index contributed by atoms with van der Waals surface area (Å²) in [7, 11) is 0. The normalized spacial score (nSPS) is 10.5. The van der Waals surface area contributed by atoms with Gasteiger partial charge in [0.15, 0.2) is 5.13 Å². The average molecular weight is 609 g/mol. The highest BCUT2D eigenvalue weighted by molar-refractivity contribution is 9.10. The molecule has 204 valence electrons. The number of anilines is 2. The number of carbonyl (C=O) groups excluding carboxylic acids is 1. The van der Waals surface area contributed by atoms with Crippen LogP contribution in [0.4, 0.5) is 10.8 Å². The summed E-state index contributed by atoms with van der Waals surface area (Å²) in [4.78, 5) is 30.1. The SMILES string of the molecule is CC.CC(C)c1ccc(N(Cc2ccc(C(=O)NCCC(=O)O)cc2)c2nc(-c3ccc(Br)cc3)cs2)cc1. The molecule has 3 aromatic carbocycles. The van der Waals surface area contributed by atoms with E-state index in [1.54, 1.807) is 23.5 Å². The Kier molecular flexibility index (Phi) is 11.3. The van der Waals surface area contributed by atoms with Gasteiger partial charge in [0.25, 0.3) is 5.91 Å². The molecule has 4 rings (SSSR count). The number of halogens is 1. The first-order valence-electron chi connectivity index (χ1n) is 13.0. The molecule has 0 atom stereocenters. The summed E-state index contributed by atoms with van der Waals surface area (Å²) in [6.07, 6.45) is -0.107. The van der Waals surface area contributed by atoms with Gasteiger partial charge in [0.2, 0.25) is 0 Å². The molecule has 0 bridgehead atoms. The van der Waals surface area contributed by atoms with Crippen molar-refractivity contribution >= 4 is 50.0 Å². The molecule has 0 radical (unpaired) electrons. The van der Waals surface area contributed by atoms with E-state index in [1.165, 1.54) is 5.56 Å². The molecule has 2 N–H and O–H groups in total. The fourth-order valence-electron chi connectivity index (χ4n) is 3.78. The summed E-state index contributed by atoms with van der Waals surface area (Å²) >= 11 is 5.08. The Labute approximate surface area is 242 Å². The Morgan fingerprint density at radius 2 is 1.62 bits per heavy atom. The molecule has 0 saturated carbocycles. The van der Waals surface area contributed by atoms with Crippen molar-refractivity contribution in [1.29, 1.82) is 0 Å². The van der Waals surface area contributed by atoms with Crippen LogP contribution in [-0.2, 0) is 11.3 Å². The molecular weight excluding hydrogens is 574 g/mol. The Morgan fingerprint density at radius 3 is 2.21 bits per heavy atom. The highest BCUT2D eigenvalue weighted by atomic mass is 79.9. The minimum atomic E-state index is -0.942. The van der Waals surface area contributed by atoms with E-state index in [4.69, 9.17) is 10.1 Å². The molecule has 0 aliphatic carbocycles. The number of thiazole rings is 1. The second-order valence-corrected chi connectivity index (χ2v) is 10.7. The molecule has 4 aromatic rings. The summed E-state index contributed by atoms with van der Waals surface area (Å²) in [5, 5.41) is 14.3. The van der Waals surface area contributed by atoms with Crippen molar-refractivity contribution in [2.75, 3.05) is 11.4 Å². The van der Waals surface area contributed by atoms with Crippen LogP contribution in [0.25, 0.3) is 11.3 Å². The first-order chi connectivity index (χ1) is 18.8. The molecule has 8 heteroatoms. The number of nitrogens with one attached hydrogen (secondary N) is 1. The van der Waals surface area contributed by atoms with Crippen LogP contribution in [0.2, 0.25) is 0 Å². The standard InChI is InChI=1S/C29H28BrN3O3S.C2H6/c1-19(2)21-9-13-25(14-10-21)33(29-32-26(18-37-29)22-7-11-24(30)12-8-22)17-20-3-5-23(6-4-20)28(36)31-16-15-27(34)35;1-2/h3-14,18-19H,15-17H2,1-2H3,(H,31,36)(H,34,35);1-2H3. The highest BCUT2D eigenvalue weighted by Gasteiger charge is 2.16. The van der Waals surface area contributed by atoms with E-state index in [-0.39, 0.29) is 18.9 Å². The number of carboxylic acids is 1. The van der Waals surface area contributed by atoms with Crippen molar-refractivity contribution in [3.63, 3.8) is 0 Å². The van der Waals surface area contributed by atoms with Gasteiger partial charge < -0.3 is 15.3 Å². The summed E-state index contributed by atoms with van der Waals surface area (Å²) in [5.74, 6) is -0.781. The lowest BCUT2D eigenvalue weighted by molar-refractivity contribution is -0.136. The van der Waals surface area contributed by atoms with Crippen molar-refractivity contribution in [2.45, 2.75) is 46.6 Å². The second kappa shape index (κ2) is 14.6. The number of aliphatic carboxylic acids is 1. The van der Waals surface area contributed by atoms with Crippen LogP contribution in [-0.4, -0.2) is 28.5 Å². The summed E-state index contributed by atoms with van der Waals surface area (Å²) in [6, 6.07) is 24.0. The number of carbonyl (C=O) groups is 2. The van der Waals surface area contributed by atoms with E-state index in [9.17, 15) is 9.59 Å². The maximum Gasteiger partial charge on any atom is 0.305 e. The van der Waals surface area contributed by atoms with Crippen LogP contribution in [0, 0.1) is 0 Å². The number of hydrogen-bond acceptors (Lipinski definition) is 5. The zero-order chi connectivity index (χ0) is 28.4. The quantitative estimate of drug-likeness (QED) is 0.189. The molecule has 0 aliphatic heterocycles. The molecule has 1 amide bonds. The number of carboxylic acid groups (broad SMARTS) is 1. The fourth-order valence-corrected chi connectivity index (χ4v) is 4.90. The molecule has 0 saturated heterocycles. The fraction of sp³-hybridized carbons (Fsp3) is 0.258. The van der Waals surface area contributed by atoms with E-state index >= 15 is 0 Å². The molecular formula is C31H34BrN3O3S. The molecule has 0 fully saturated rings. The van der Waals surface area contributed by atoms with Crippen molar-refractivity contribution in [1.82, 2.24) is 10.3 Å². The zero-order valence-electron chi connectivity index (χ0n) is 22.6. The van der Waals surface area contributed by atoms with Crippen molar-refractivity contribution in [2.24, 2.45) is 0 Å². The van der Waals surface area contributed by atoms with Crippen LogP contribution in [0.1, 0.15) is 61.5 Å². The summed E-state index contributed by atoms with van der Waals surface area (Å²) < 4.78 is 1.03. The lowest BCUT2D eigenvalue weighted by Crippen LogP contribution is -2.26. The lowest BCUT2D eigenvalue weighted by Gasteiger charge is -2.23. The molecule has 0 unspecified atom stereocenters. The molecule has 39 heavy (non-hydrogen) atoms. The maximum atomic E-state index is 12.3. The van der Waals surface area contributed by atoms with Gasteiger partial charge in [-0.1, -0.05) is 80.0 Å². The van der Waals surface area contributed by atoms with Gasteiger partial charge in [0.1, 0.15) is 0 Å². The van der Waals surface area contributed by atoms with Crippen molar-refractivity contribution < 1.29 is 14.7 Å². The molecule has 0 aliphatic rings. The zero-order valence-corrected chi connectivity index (χ0v) is 25.1. The highest BCUT2D eigenvalue weighted by Crippen LogP contribution is 2.34. The van der Waals surface area contributed by atoms with Gasteiger partial charge in [-0.05, 0) is 53.4 Å². The number of amides is 1. The Bertz CT molecular complexity index is 1350. The van der Waals surface area contributed by atoms with Crippen molar-refractivity contribution in [3.05, 3.63) is 99.3 Å². The van der Waals surface area contributed by atoms with Crippen LogP contribution < -0.4 is 10.2 Å². The van der Waals surface area contributed by atoms with Gasteiger partial charge in [0.05, 0.1) is 18.7 Å². The maximum absolute atomic E-state index is 12.3. The van der Waals surface area contributed by atoms with Gasteiger partial charge in [-0.3, -0.25) is 9.59 Å². The van der Waals surface area contributed by atoms with E-state index in [2.05, 4.69) is 69.6 Å². The third-order valence-corrected chi connectivity index (χ3v) is 7.31. The smallest absolute Gasteiger partial charge is 0.305 e. The predicted octanol–water partition coefficient (Wildman–Crippen LogP) is 8.27. The first-order valence-corrected chi connectivity index (χ1v) is 14.7. The molecule has 0 spiro atoms.